The largest absolute Gasteiger partial charge is 0.361 e. The van der Waals surface area contributed by atoms with Gasteiger partial charge in [-0.3, -0.25) is 9.59 Å². The van der Waals surface area contributed by atoms with E-state index in [-0.39, 0.29) is 11.6 Å². The lowest BCUT2D eigenvalue weighted by Gasteiger charge is -2.04. The highest BCUT2D eigenvalue weighted by atomic mass is 16.1. The molecule has 0 amide bonds. The molecule has 3 nitrogen and oxygen atoms in total. The Kier molecular flexibility index (Phi) is 2.15. The van der Waals surface area contributed by atoms with Crippen LogP contribution in [0.4, 0.5) is 0 Å². The number of H-pyrrole nitrogens is 1. The second-order valence-corrected chi connectivity index (χ2v) is 3.54. The lowest BCUT2D eigenvalue weighted by Crippen LogP contribution is -2.04. The molecule has 0 aliphatic carbocycles. The molecule has 0 saturated carbocycles. The Balaban J connectivity index is 2.87. The zero-order chi connectivity index (χ0) is 11.0. The number of fused-ring (bicyclic) bond motifs is 1. The summed E-state index contributed by atoms with van der Waals surface area (Å²) in [6, 6.07) is 5.33. The predicted molar refractivity (Wildman–Crippen MR) is 58.3 cm³/mol. The number of aromatic nitrogens is 1. The van der Waals surface area contributed by atoms with Gasteiger partial charge in [-0.05, 0) is 32.0 Å². The SMILES string of the molecule is CC(=O)c1ccc2[nH]ccc2c1C(C)=O. The van der Waals surface area contributed by atoms with Crippen molar-refractivity contribution in [2.24, 2.45) is 0 Å². The summed E-state index contributed by atoms with van der Waals surface area (Å²) in [5.74, 6) is -0.159. The van der Waals surface area contributed by atoms with Gasteiger partial charge in [0.1, 0.15) is 0 Å². The van der Waals surface area contributed by atoms with Gasteiger partial charge in [-0.15, -0.1) is 0 Å². The van der Waals surface area contributed by atoms with Crippen LogP contribution in [0.5, 0.6) is 0 Å². The van der Waals surface area contributed by atoms with Gasteiger partial charge in [0.15, 0.2) is 11.6 Å². The second-order valence-electron chi connectivity index (χ2n) is 3.54. The number of benzene rings is 1. The summed E-state index contributed by atoms with van der Waals surface area (Å²) in [5.41, 5.74) is 1.89. The van der Waals surface area contributed by atoms with Crippen LogP contribution in [0.2, 0.25) is 0 Å². The number of Topliss-reactive ketones (excluding diaryl/α,β-unsaturated/α-hetero) is 2. The molecule has 15 heavy (non-hydrogen) atoms. The normalized spacial score (nSPS) is 10.5. The zero-order valence-corrected chi connectivity index (χ0v) is 8.63. The van der Waals surface area contributed by atoms with Crippen LogP contribution in [-0.4, -0.2) is 16.6 Å². The first-order valence-corrected chi connectivity index (χ1v) is 4.73. The first-order chi connectivity index (χ1) is 7.11. The van der Waals surface area contributed by atoms with Crippen LogP contribution in [0, 0.1) is 0 Å². The average Bonchev–Trinajstić information content (AvgIpc) is 2.62. The molecule has 1 aromatic heterocycles. The van der Waals surface area contributed by atoms with E-state index < -0.39 is 0 Å². The fraction of sp³-hybridized carbons (Fsp3) is 0.167. The van der Waals surface area contributed by atoms with Gasteiger partial charge in [0.05, 0.1) is 0 Å². The molecule has 2 rings (SSSR count). The third-order valence-corrected chi connectivity index (χ3v) is 2.47. The smallest absolute Gasteiger partial charge is 0.161 e. The van der Waals surface area contributed by atoms with Crippen molar-refractivity contribution in [2.45, 2.75) is 13.8 Å². The van der Waals surface area contributed by atoms with Crippen molar-refractivity contribution >= 4 is 22.5 Å². The molecule has 2 aromatic rings. The van der Waals surface area contributed by atoms with Crippen LogP contribution >= 0.6 is 0 Å². The lowest BCUT2D eigenvalue weighted by molar-refractivity contribution is 0.0982. The minimum Gasteiger partial charge on any atom is -0.361 e. The highest BCUT2D eigenvalue weighted by Gasteiger charge is 2.14. The van der Waals surface area contributed by atoms with Crippen LogP contribution < -0.4 is 0 Å². The number of nitrogens with one attached hydrogen (secondary N) is 1. The van der Waals surface area contributed by atoms with E-state index >= 15 is 0 Å². The van der Waals surface area contributed by atoms with Gasteiger partial charge in [-0.25, -0.2) is 0 Å². The number of rotatable bonds is 2. The monoisotopic (exact) mass is 201 g/mol. The molecule has 1 heterocycles. The van der Waals surface area contributed by atoms with Crippen molar-refractivity contribution in [3.63, 3.8) is 0 Å². The summed E-state index contributed by atoms with van der Waals surface area (Å²) >= 11 is 0. The number of hydrogen-bond donors (Lipinski definition) is 1. The minimum absolute atomic E-state index is 0.0783. The average molecular weight is 201 g/mol. The van der Waals surface area contributed by atoms with Crippen molar-refractivity contribution in [2.75, 3.05) is 0 Å². The summed E-state index contributed by atoms with van der Waals surface area (Å²) in [6.07, 6.45) is 1.76. The van der Waals surface area contributed by atoms with E-state index in [0.29, 0.717) is 11.1 Å². The number of ketones is 2. The molecule has 0 saturated heterocycles. The van der Waals surface area contributed by atoms with Gasteiger partial charge in [0, 0.05) is 28.2 Å². The van der Waals surface area contributed by atoms with Crippen molar-refractivity contribution in [1.82, 2.24) is 4.98 Å². The van der Waals surface area contributed by atoms with Crippen LogP contribution in [0.25, 0.3) is 10.9 Å². The van der Waals surface area contributed by atoms with Crippen molar-refractivity contribution in [1.29, 1.82) is 0 Å². The van der Waals surface area contributed by atoms with E-state index in [4.69, 9.17) is 0 Å². The number of hydrogen-bond acceptors (Lipinski definition) is 2. The number of carbonyl (C=O) groups excluding carboxylic acids is 2. The summed E-state index contributed by atoms with van der Waals surface area (Å²) in [7, 11) is 0. The van der Waals surface area contributed by atoms with Gasteiger partial charge in [-0.2, -0.15) is 0 Å². The van der Waals surface area contributed by atoms with Crippen LogP contribution in [0.1, 0.15) is 34.6 Å². The third-order valence-electron chi connectivity index (χ3n) is 2.47. The molecule has 1 N–H and O–H groups in total. The van der Waals surface area contributed by atoms with Crippen molar-refractivity contribution in [3.05, 3.63) is 35.5 Å². The lowest BCUT2D eigenvalue weighted by atomic mass is 9.98. The maximum absolute atomic E-state index is 11.5. The standard InChI is InChI=1S/C12H11NO2/c1-7(14)9-3-4-11-10(5-6-13-11)12(9)8(2)15/h3-6,13H,1-2H3. The molecule has 0 bridgehead atoms. The van der Waals surface area contributed by atoms with Gasteiger partial charge in [-0.1, -0.05) is 0 Å². The number of aromatic amines is 1. The van der Waals surface area contributed by atoms with E-state index in [2.05, 4.69) is 4.98 Å². The quantitative estimate of drug-likeness (QED) is 0.759. The molecule has 0 atom stereocenters. The molecule has 3 heteroatoms. The topological polar surface area (TPSA) is 49.9 Å². The summed E-state index contributed by atoms with van der Waals surface area (Å²) < 4.78 is 0. The van der Waals surface area contributed by atoms with Crippen molar-refractivity contribution < 1.29 is 9.59 Å². The Hall–Kier alpha value is -1.90. The molecule has 0 aliphatic rings. The first-order valence-electron chi connectivity index (χ1n) is 4.73. The molecule has 0 fully saturated rings. The maximum atomic E-state index is 11.5. The fourth-order valence-corrected chi connectivity index (χ4v) is 1.81. The molecule has 1 aromatic carbocycles. The Morgan fingerprint density at radius 2 is 1.80 bits per heavy atom. The van der Waals surface area contributed by atoms with E-state index in [0.717, 1.165) is 10.9 Å². The van der Waals surface area contributed by atoms with E-state index in [1.54, 1.807) is 12.3 Å². The predicted octanol–water partition coefficient (Wildman–Crippen LogP) is 2.57. The highest BCUT2D eigenvalue weighted by Crippen LogP contribution is 2.22. The summed E-state index contributed by atoms with van der Waals surface area (Å²) in [5, 5.41) is 0.815. The van der Waals surface area contributed by atoms with Crippen molar-refractivity contribution in [3.8, 4) is 0 Å². The van der Waals surface area contributed by atoms with Gasteiger partial charge in [0.2, 0.25) is 0 Å². The maximum Gasteiger partial charge on any atom is 0.161 e. The zero-order valence-electron chi connectivity index (χ0n) is 8.63. The van der Waals surface area contributed by atoms with E-state index in [1.807, 2.05) is 12.1 Å². The molecule has 0 spiro atoms. The molecule has 76 valence electrons. The van der Waals surface area contributed by atoms with Crippen LogP contribution in [-0.2, 0) is 0 Å². The Bertz CT molecular complexity index is 552. The van der Waals surface area contributed by atoms with E-state index in [1.165, 1.54) is 13.8 Å². The molecule has 0 aliphatic heterocycles. The van der Waals surface area contributed by atoms with Gasteiger partial charge >= 0.3 is 0 Å². The second kappa shape index (κ2) is 3.35. The van der Waals surface area contributed by atoms with Crippen LogP contribution in [0.15, 0.2) is 24.4 Å². The molecular weight excluding hydrogens is 190 g/mol. The molecule has 0 unspecified atom stereocenters. The van der Waals surface area contributed by atoms with Crippen LogP contribution in [0.3, 0.4) is 0 Å². The Labute approximate surface area is 87.1 Å². The van der Waals surface area contributed by atoms with Gasteiger partial charge < -0.3 is 4.98 Å². The molecule has 0 radical (unpaired) electrons. The Morgan fingerprint density at radius 1 is 1.07 bits per heavy atom. The summed E-state index contributed by atoms with van der Waals surface area (Å²) in [4.78, 5) is 25.9. The third kappa shape index (κ3) is 1.46. The van der Waals surface area contributed by atoms with Gasteiger partial charge in [0.25, 0.3) is 0 Å². The minimum atomic E-state index is -0.0803. The fourth-order valence-electron chi connectivity index (χ4n) is 1.81. The van der Waals surface area contributed by atoms with E-state index in [9.17, 15) is 9.59 Å². The highest BCUT2D eigenvalue weighted by molar-refractivity contribution is 6.15. The first kappa shape index (κ1) is 9.65. The summed E-state index contributed by atoms with van der Waals surface area (Å²) in [6.45, 7) is 2.95. The Morgan fingerprint density at radius 3 is 2.40 bits per heavy atom. The molecular formula is C12H11NO2. The number of carbonyl (C=O) groups is 2.